The Morgan fingerprint density at radius 1 is 1.02 bits per heavy atom. The van der Waals surface area contributed by atoms with Gasteiger partial charge in [0, 0.05) is 35.6 Å². The van der Waals surface area contributed by atoms with E-state index in [1.54, 1.807) is 6.20 Å². The molecule has 5 aromatic rings. The highest BCUT2D eigenvalue weighted by atomic mass is 16.5. The van der Waals surface area contributed by atoms with Crippen molar-refractivity contribution in [2.24, 2.45) is 5.92 Å². The number of likely N-dealkylation sites (tertiary alicyclic amines) is 1. The van der Waals surface area contributed by atoms with E-state index in [9.17, 15) is 4.79 Å². The van der Waals surface area contributed by atoms with E-state index >= 15 is 0 Å². The first-order chi connectivity index (χ1) is 20.9. The number of fused-ring (bicyclic) bond motifs is 2. The summed E-state index contributed by atoms with van der Waals surface area (Å²) in [5.41, 5.74) is 11.1. The molecule has 2 aromatic heterocycles. The minimum absolute atomic E-state index is 0.168. The topological polar surface area (TPSA) is 95.5 Å². The van der Waals surface area contributed by atoms with E-state index in [0.717, 1.165) is 63.7 Å². The molecule has 0 saturated carbocycles. The second-order valence-corrected chi connectivity index (χ2v) is 11.7. The molecule has 0 spiro atoms. The van der Waals surface area contributed by atoms with Crippen LogP contribution in [0.3, 0.4) is 0 Å². The lowest BCUT2D eigenvalue weighted by Gasteiger charge is -2.40. The predicted octanol–water partition coefficient (Wildman–Crippen LogP) is 6.42. The molecule has 0 bridgehead atoms. The quantitative estimate of drug-likeness (QED) is 0.181. The van der Waals surface area contributed by atoms with Crippen molar-refractivity contribution >= 4 is 33.5 Å². The van der Waals surface area contributed by atoms with Crippen molar-refractivity contribution in [1.29, 1.82) is 0 Å². The Morgan fingerprint density at radius 3 is 2.58 bits per heavy atom. The first kappa shape index (κ1) is 28.7. The van der Waals surface area contributed by atoms with E-state index in [1.165, 1.54) is 6.42 Å². The van der Waals surface area contributed by atoms with Gasteiger partial charge in [0.15, 0.2) is 0 Å². The van der Waals surface area contributed by atoms with Crippen LogP contribution in [0, 0.1) is 5.92 Å². The largest absolute Gasteiger partial charge is 0.487 e. The van der Waals surface area contributed by atoms with Gasteiger partial charge < -0.3 is 15.2 Å². The van der Waals surface area contributed by atoms with E-state index in [2.05, 4.69) is 64.8 Å². The summed E-state index contributed by atoms with van der Waals surface area (Å²) in [6.07, 6.45) is 3.09. The molecule has 222 valence electrons. The summed E-state index contributed by atoms with van der Waals surface area (Å²) < 4.78 is 13.8. The number of esters is 1. The molecule has 0 aliphatic carbocycles. The van der Waals surface area contributed by atoms with Gasteiger partial charge in [0.05, 0.1) is 30.3 Å². The Kier molecular flexibility index (Phi) is 8.29. The van der Waals surface area contributed by atoms with Gasteiger partial charge in [-0.3, -0.25) is 14.4 Å². The van der Waals surface area contributed by atoms with Crippen LogP contribution in [-0.2, 0) is 22.6 Å². The maximum absolute atomic E-state index is 12.3. The molecule has 1 fully saturated rings. The van der Waals surface area contributed by atoms with Crippen LogP contribution in [0.1, 0.15) is 44.5 Å². The Labute approximate surface area is 252 Å². The molecule has 0 amide bonds. The van der Waals surface area contributed by atoms with Crippen LogP contribution in [0.15, 0.2) is 72.9 Å². The van der Waals surface area contributed by atoms with Gasteiger partial charge in [0.25, 0.3) is 0 Å². The van der Waals surface area contributed by atoms with Crippen molar-refractivity contribution in [3.8, 4) is 16.9 Å². The molecular weight excluding hydrogens is 538 g/mol. The summed E-state index contributed by atoms with van der Waals surface area (Å²) in [6, 6.07) is 22.6. The number of nitrogen functional groups attached to an aromatic ring is 1. The minimum atomic E-state index is -0.263. The monoisotopic (exact) mass is 577 g/mol. The second-order valence-electron chi connectivity index (χ2n) is 11.7. The average molecular weight is 578 g/mol. The smallest absolute Gasteiger partial charge is 0.310 e. The maximum atomic E-state index is 12.3. The fourth-order valence-corrected chi connectivity index (χ4v) is 5.78. The van der Waals surface area contributed by atoms with Gasteiger partial charge in [-0.05, 0) is 72.7 Å². The van der Waals surface area contributed by atoms with Crippen molar-refractivity contribution in [1.82, 2.24) is 19.7 Å². The van der Waals surface area contributed by atoms with E-state index in [0.29, 0.717) is 30.7 Å². The van der Waals surface area contributed by atoms with Gasteiger partial charge in [-0.2, -0.15) is 5.10 Å². The Morgan fingerprint density at radius 2 is 1.79 bits per heavy atom. The van der Waals surface area contributed by atoms with Crippen molar-refractivity contribution in [3.05, 3.63) is 84.2 Å². The number of hydrogen-bond acceptors (Lipinski definition) is 7. The molecular formula is C35H39N5O3. The van der Waals surface area contributed by atoms with Crippen LogP contribution >= 0.6 is 0 Å². The highest BCUT2D eigenvalue weighted by Gasteiger charge is 2.31. The molecule has 8 heteroatoms. The van der Waals surface area contributed by atoms with Crippen molar-refractivity contribution in [2.75, 3.05) is 32.0 Å². The van der Waals surface area contributed by atoms with Gasteiger partial charge in [0.2, 0.25) is 0 Å². The third kappa shape index (κ3) is 6.20. The molecule has 0 unspecified atom stereocenters. The summed E-state index contributed by atoms with van der Waals surface area (Å²) in [7, 11) is 0. The van der Waals surface area contributed by atoms with Crippen LogP contribution in [0.2, 0.25) is 0 Å². The zero-order chi connectivity index (χ0) is 29.9. The summed E-state index contributed by atoms with van der Waals surface area (Å²) in [4.78, 5) is 19.0. The number of nitrogens with two attached hydrogens (primary N) is 1. The third-order valence-electron chi connectivity index (χ3n) is 8.21. The fraction of sp³-hybridized carbons (Fsp3) is 0.343. The molecule has 0 atom stereocenters. The summed E-state index contributed by atoms with van der Waals surface area (Å²) >= 11 is 0. The number of nitrogens with zero attached hydrogens (tertiary/aromatic N) is 4. The number of hydrogen-bond donors (Lipinski definition) is 1. The number of ether oxygens (including phenoxy) is 2. The van der Waals surface area contributed by atoms with Crippen LogP contribution < -0.4 is 10.5 Å². The van der Waals surface area contributed by atoms with E-state index < -0.39 is 0 Å². The minimum Gasteiger partial charge on any atom is -0.487 e. The van der Waals surface area contributed by atoms with Crippen molar-refractivity contribution < 1.29 is 14.3 Å². The first-order valence-corrected chi connectivity index (χ1v) is 15.1. The van der Waals surface area contributed by atoms with Gasteiger partial charge in [-0.15, -0.1) is 0 Å². The van der Waals surface area contributed by atoms with Crippen LogP contribution in [-0.4, -0.2) is 51.9 Å². The van der Waals surface area contributed by atoms with Crippen LogP contribution in [0.25, 0.3) is 32.8 Å². The Bertz CT molecular complexity index is 1760. The normalized spacial score (nSPS) is 14.0. The summed E-state index contributed by atoms with van der Waals surface area (Å²) in [6.45, 7) is 10.1. The lowest BCUT2D eigenvalue weighted by atomic mass is 10.00. The van der Waals surface area contributed by atoms with Gasteiger partial charge in [0.1, 0.15) is 18.2 Å². The molecule has 1 saturated heterocycles. The Balaban J connectivity index is 1.34. The SMILES string of the molecule is CCOC(=O)Cc1ccccc1OCc1c2cc(-c3ccc4ccnc(N)c4c3)ccc2nn1C1CN(CCC(C)C)C1. The third-order valence-corrected chi connectivity index (χ3v) is 8.21. The van der Waals surface area contributed by atoms with E-state index in [1.807, 2.05) is 37.3 Å². The fourth-order valence-electron chi connectivity index (χ4n) is 5.78. The van der Waals surface area contributed by atoms with E-state index in [-0.39, 0.29) is 18.4 Å². The first-order valence-electron chi connectivity index (χ1n) is 15.1. The highest BCUT2D eigenvalue weighted by Crippen LogP contribution is 2.33. The zero-order valence-corrected chi connectivity index (χ0v) is 25.1. The number of anilines is 1. The number of carbonyl (C=O) groups excluding carboxylic acids is 1. The number of carbonyl (C=O) groups is 1. The molecule has 43 heavy (non-hydrogen) atoms. The zero-order valence-electron chi connectivity index (χ0n) is 25.1. The summed E-state index contributed by atoms with van der Waals surface area (Å²) in [5, 5.41) is 8.13. The number of para-hydroxylation sites is 1. The molecule has 1 aliphatic rings. The standard InChI is InChI=1S/C35H39N5O3/c1-4-42-34(41)19-27-7-5-6-8-33(27)43-22-32-30-18-26(25-10-9-24-13-15-37-35(36)29(24)17-25)11-12-31(30)38-40(32)28-20-39(21-28)16-14-23(2)3/h5-13,15,17-18,23,28H,4,14,16,19-22H2,1-3H3,(H2,36,37). The number of rotatable bonds is 11. The maximum Gasteiger partial charge on any atom is 0.310 e. The van der Waals surface area contributed by atoms with Crippen LogP contribution in [0.5, 0.6) is 5.75 Å². The lowest BCUT2D eigenvalue weighted by Crippen LogP contribution is -2.48. The van der Waals surface area contributed by atoms with Gasteiger partial charge in [-0.25, -0.2) is 4.98 Å². The molecule has 6 rings (SSSR count). The Hall–Kier alpha value is -4.43. The predicted molar refractivity (Wildman–Crippen MR) is 171 cm³/mol. The lowest BCUT2D eigenvalue weighted by molar-refractivity contribution is -0.142. The van der Waals surface area contributed by atoms with Crippen LogP contribution in [0.4, 0.5) is 5.82 Å². The molecule has 1 aliphatic heterocycles. The van der Waals surface area contributed by atoms with Crippen molar-refractivity contribution in [3.63, 3.8) is 0 Å². The number of aromatic nitrogens is 3. The van der Waals surface area contributed by atoms with Gasteiger partial charge >= 0.3 is 5.97 Å². The molecule has 3 heterocycles. The number of benzene rings is 3. The van der Waals surface area contributed by atoms with Crippen molar-refractivity contribution in [2.45, 2.75) is 46.3 Å². The molecule has 2 N–H and O–H groups in total. The molecule has 8 nitrogen and oxygen atoms in total. The molecule has 3 aromatic carbocycles. The van der Waals surface area contributed by atoms with Gasteiger partial charge in [-0.1, -0.05) is 50.2 Å². The molecule has 0 radical (unpaired) electrons. The van der Waals surface area contributed by atoms with E-state index in [4.69, 9.17) is 20.3 Å². The second kappa shape index (κ2) is 12.4. The highest BCUT2D eigenvalue weighted by molar-refractivity contribution is 5.95. The number of pyridine rings is 1. The summed E-state index contributed by atoms with van der Waals surface area (Å²) in [5.74, 6) is 1.62. The average Bonchev–Trinajstić information content (AvgIpc) is 3.33.